The van der Waals surface area contributed by atoms with Gasteiger partial charge >= 0.3 is 0 Å². The van der Waals surface area contributed by atoms with Crippen LogP contribution in [0.15, 0.2) is 64.9 Å². The quantitative estimate of drug-likeness (QED) is 0.593. The van der Waals surface area contributed by atoms with Crippen LogP contribution < -0.4 is 10.0 Å². The van der Waals surface area contributed by atoms with Gasteiger partial charge in [0, 0.05) is 22.5 Å². The first-order valence-corrected chi connectivity index (χ1v) is 12.4. The molecule has 9 heteroatoms. The minimum Gasteiger partial charge on any atom is -0.306 e. The minimum atomic E-state index is -3.62. The maximum Gasteiger partial charge on any atom is 0.257 e. The van der Waals surface area contributed by atoms with Crippen molar-refractivity contribution in [2.24, 2.45) is 0 Å². The fraction of sp³-hybridized carbons (Fsp3) is 0.273. The van der Waals surface area contributed by atoms with Crippen LogP contribution in [0.1, 0.15) is 23.2 Å². The van der Waals surface area contributed by atoms with Crippen molar-refractivity contribution in [3.8, 4) is 11.3 Å². The molecule has 1 fully saturated rings. The van der Waals surface area contributed by atoms with E-state index < -0.39 is 10.0 Å². The van der Waals surface area contributed by atoms with Crippen molar-refractivity contribution < 1.29 is 13.2 Å². The first-order chi connectivity index (χ1) is 14.9. The molecule has 7 nitrogen and oxygen atoms in total. The highest BCUT2D eigenvalue weighted by Gasteiger charge is 2.23. The van der Waals surface area contributed by atoms with Crippen LogP contribution in [0.25, 0.3) is 11.3 Å². The number of likely N-dealkylation sites (tertiary alicyclic amines) is 1. The van der Waals surface area contributed by atoms with Crippen LogP contribution in [0.3, 0.4) is 0 Å². The number of nitrogens with zero attached hydrogens (tertiary/aromatic N) is 2. The molecule has 1 aliphatic rings. The van der Waals surface area contributed by atoms with Crippen LogP contribution in [-0.2, 0) is 10.0 Å². The molecule has 1 aliphatic heterocycles. The number of rotatable bonds is 6. The van der Waals surface area contributed by atoms with Gasteiger partial charge in [0.2, 0.25) is 10.0 Å². The standard InChI is InChI=1S/C22H24N4O3S2/c1-26-13-11-18(12-14-26)25-31(28,29)19-9-7-17(8-10-19)21(27)24-22-23-20(15-30-22)16-5-3-2-4-6-16/h2-10,15,18,25H,11-14H2,1H3,(H,23,24,27). The van der Waals surface area contributed by atoms with Gasteiger partial charge in [-0.15, -0.1) is 11.3 Å². The van der Waals surface area contributed by atoms with Crippen LogP contribution in [0, 0.1) is 0 Å². The molecule has 0 spiro atoms. The molecule has 2 aromatic carbocycles. The average Bonchev–Trinajstić information content (AvgIpc) is 3.24. The van der Waals surface area contributed by atoms with Gasteiger partial charge in [-0.2, -0.15) is 0 Å². The van der Waals surface area contributed by atoms with E-state index >= 15 is 0 Å². The second kappa shape index (κ2) is 9.27. The maximum absolute atomic E-state index is 12.7. The fourth-order valence-electron chi connectivity index (χ4n) is 3.44. The van der Waals surface area contributed by atoms with Gasteiger partial charge in [0.15, 0.2) is 5.13 Å². The van der Waals surface area contributed by atoms with Crippen molar-refractivity contribution in [1.82, 2.24) is 14.6 Å². The lowest BCUT2D eigenvalue weighted by Gasteiger charge is -2.29. The summed E-state index contributed by atoms with van der Waals surface area (Å²) in [5, 5.41) is 5.15. The van der Waals surface area contributed by atoms with Crippen LogP contribution in [0.5, 0.6) is 0 Å². The van der Waals surface area contributed by atoms with Crippen molar-refractivity contribution in [1.29, 1.82) is 0 Å². The van der Waals surface area contributed by atoms with E-state index in [2.05, 4.69) is 19.9 Å². The normalized spacial score (nSPS) is 15.6. The molecule has 0 unspecified atom stereocenters. The topological polar surface area (TPSA) is 91.4 Å². The molecule has 2 heterocycles. The molecule has 0 atom stereocenters. The molecule has 1 amide bonds. The first kappa shape index (κ1) is 21.6. The van der Waals surface area contributed by atoms with Crippen molar-refractivity contribution in [2.45, 2.75) is 23.8 Å². The number of aromatic nitrogens is 1. The third-order valence-electron chi connectivity index (χ3n) is 5.26. The van der Waals surface area contributed by atoms with Crippen molar-refractivity contribution >= 4 is 32.4 Å². The SMILES string of the molecule is CN1CCC(NS(=O)(=O)c2ccc(C(=O)Nc3nc(-c4ccccc4)cs3)cc2)CC1. The molecule has 0 bridgehead atoms. The second-order valence-electron chi connectivity index (χ2n) is 7.58. The van der Waals surface area contributed by atoms with Gasteiger partial charge in [-0.05, 0) is 57.2 Å². The Morgan fingerprint density at radius 3 is 2.42 bits per heavy atom. The fourth-order valence-corrected chi connectivity index (χ4v) is 5.46. The molecule has 4 rings (SSSR count). The minimum absolute atomic E-state index is 0.0621. The molecular formula is C22H24N4O3S2. The van der Waals surface area contributed by atoms with Crippen LogP contribution >= 0.6 is 11.3 Å². The van der Waals surface area contributed by atoms with E-state index in [1.807, 2.05) is 42.8 Å². The number of nitrogens with one attached hydrogen (secondary N) is 2. The Bertz CT molecular complexity index is 1140. The Kier molecular flexibility index (Phi) is 6.47. The highest BCUT2D eigenvalue weighted by molar-refractivity contribution is 7.89. The van der Waals surface area contributed by atoms with Gasteiger partial charge in [-0.3, -0.25) is 10.1 Å². The van der Waals surface area contributed by atoms with E-state index in [1.165, 1.54) is 35.6 Å². The number of benzene rings is 2. The molecule has 31 heavy (non-hydrogen) atoms. The molecule has 1 saturated heterocycles. The van der Waals surface area contributed by atoms with Crippen molar-refractivity contribution in [3.63, 3.8) is 0 Å². The van der Waals surface area contributed by atoms with Crippen LogP contribution in [0.2, 0.25) is 0 Å². The summed E-state index contributed by atoms with van der Waals surface area (Å²) >= 11 is 1.34. The molecule has 2 N–H and O–H groups in total. The van der Waals surface area contributed by atoms with Crippen LogP contribution in [0.4, 0.5) is 5.13 Å². The molecular weight excluding hydrogens is 432 g/mol. The van der Waals surface area contributed by atoms with Crippen molar-refractivity contribution in [2.75, 3.05) is 25.5 Å². The Hall–Kier alpha value is -2.59. The average molecular weight is 457 g/mol. The number of hydrogen-bond donors (Lipinski definition) is 2. The predicted molar refractivity (Wildman–Crippen MR) is 123 cm³/mol. The van der Waals surface area contributed by atoms with Gasteiger partial charge in [-0.1, -0.05) is 30.3 Å². The van der Waals surface area contributed by atoms with Crippen LogP contribution in [-0.4, -0.2) is 50.4 Å². The summed E-state index contributed by atoms with van der Waals surface area (Å²) in [6.45, 7) is 1.74. The number of sulfonamides is 1. The van der Waals surface area contributed by atoms with Gasteiger partial charge in [0.25, 0.3) is 5.91 Å². The predicted octanol–water partition coefficient (Wildman–Crippen LogP) is 3.43. The number of amides is 1. The monoisotopic (exact) mass is 456 g/mol. The summed E-state index contributed by atoms with van der Waals surface area (Å²) < 4.78 is 28.1. The number of thiazole rings is 1. The lowest BCUT2D eigenvalue weighted by molar-refractivity contribution is 0.102. The maximum atomic E-state index is 12.7. The highest BCUT2D eigenvalue weighted by Crippen LogP contribution is 2.25. The van der Waals surface area contributed by atoms with E-state index in [0.29, 0.717) is 10.7 Å². The summed E-state index contributed by atoms with van der Waals surface area (Å²) in [7, 11) is -1.59. The smallest absolute Gasteiger partial charge is 0.257 e. The zero-order chi connectivity index (χ0) is 21.8. The third-order valence-corrected chi connectivity index (χ3v) is 7.56. The lowest BCUT2D eigenvalue weighted by atomic mass is 10.1. The van der Waals surface area contributed by atoms with E-state index in [0.717, 1.165) is 37.2 Å². The van der Waals surface area contributed by atoms with Crippen molar-refractivity contribution in [3.05, 3.63) is 65.5 Å². The summed E-state index contributed by atoms with van der Waals surface area (Å²) in [5.41, 5.74) is 2.14. The van der Waals surface area contributed by atoms with Gasteiger partial charge in [0.05, 0.1) is 10.6 Å². The Morgan fingerprint density at radius 1 is 1.06 bits per heavy atom. The Morgan fingerprint density at radius 2 is 1.74 bits per heavy atom. The Labute approximate surface area is 186 Å². The molecule has 162 valence electrons. The molecule has 3 aromatic rings. The summed E-state index contributed by atoms with van der Waals surface area (Å²) in [5.74, 6) is -0.332. The summed E-state index contributed by atoms with van der Waals surface area (Å²) in [6, 6.07) is 15.6. The number of anilines is 1. The Balaban J connectivity index is 1.39. The zero-order valence-corrected chi connectivity index (χ0v) is 18.7. The van der Waals surface area contributed by atoms with E-state index in [9.17, 15) is 13.2 Å². The molecule has 0 aliphatic carbocycles. The number of hydrogen-bond acceptors (Lipinski definition) is 6. The lowest BCUT2D eigenvalue weighted by Crippen LogP contribution is -2.43. The van der Waals surface area contributed by atoms with E-state index in [1.54, 1.807) is 0 Å². The number of carbonyl (C=O) groups is 1. The zero-order valence-electron chi connectivity index (χ0n) is 17.1. The molecule has 0 radical (unpaired) electrons. The number of carbonyl (C=O) groups excluding carboxylic acids is 1. The van der Waals surface area contributed by atoms with Gasteiger partial charge in [-0.25, -0.2) is 18.1 Å². The molecule has 1 aromatic heterocycles. The van der Waals surface area contributed by atoms with Gasteiger partial charge < -0.3 is 4.90 Å². The van der Waals surface area contributed by atoms with E-state index in [4.69, 9.17) is 0 Å². The summed E-state index contributed by atoms with van der Waals surface area (Å²) in [4.78, 5) is 19.3. The highest BCUT2D eigenvalue weighted by atomic mass is 32.2. The summed E-state index contributed by atoms with van der Waals surface area (Å²) in [6.07, 6.45) is 1.57. The molecule has 0 saturated carbocycles. The largest absolute Gasteiger partial charge is 0.306 e. The third kappa shape index (κ3) is 5.37. The van der Waals surface area contributed by atoms with Gasteiger partial charge in [0.1, 0.15) is 0 Å². The first-order valence-electron chi connectivity index (χ1n) is 10.0. The van der Waals surface area contributed by atoms with E-state index in [-0.39, 0.29) is 16.8 Å². The second-order valence-corrected chi connectivity index (χ2v) is 10.2. The number of piperidine rings is 1.